The van der Waals surface area contributed by atoms with Gasteiger partial charge in [-0.15, -0.1) is 11.3 Å². The van der Waals surface area contributed by atoms with E-state index in [0.29, 0.717) is 11.5 Å². The molecule has 1 atom stereocenters. The van der Waals surface area contributed by atoms with Crippen molar-refractivity contribution >= 4 is 27.4 Å². The molecular weight excluding hydrogens is 436 g/mol. The first kappa shape index (κ1) is 22.2. The zero-order chi connectivity index (χ0) is 22.9. The van der Waals surface area contributed by atoms with Gasteiger partial charge in [0, 0.05) is 43.2 Å². The SMILES string of the molecule is COc1ccc(CN2CCN(c3ncnc4sc5c(c34)CC[C@H](C)C5)CC2)c(OC)c1OC. The van der Waals surface area contributed by atoms with Crippen LogP contribution in [0.2, 0.25) is 0 Å². The second kappa shape index (κ2) is 9.35. The van der Waals surface area contributed by atoms with E-state index in [4.69, 9.17) is 19.2 Å². The standard InChI is InChI=1S/C25H32N4O3S/c1-16-5-7-18-20(13-16)33-25-21(18)24(26-15-27-25)29-11-9-28(10-12-29)14-17-6-8-19(30-2)23(32-4)22(17)31-3/h6,8,15-16H,5,7,9-14H2,1-4H3/t16-/m0/s1. The summed E-state index contributed by atoms with van der Waals surface area (Å²) in [4.78, 5) is 17.0. The Kier molecular flexibility index (Phi) is 6.29. The molecule has 1 aromatic carbocycles. The molecule has 3 aromatic rings. The number of nitrogens with zero attached hydrogens (tertiary/aromatic N) is 4. The first-order valence-electron chi connectivity index (χ1n) is 11.6. The monoisotopic (exact) mass is 468 g/mol. The second-order valence-corrected chi connectivity index (χ2v) is 10.1. The highest BCUT2D eigenvalue weighted by molar-refractivity contribution is 7.19. The van der Waals surface area contributed by atoms with Crippen molar-refractivity contribution in [2.24, 2.45) is 5.92 Å². The molecule has 0 saturated carbocycles. The highest BCUT2D eigenvalue weighted by Crippen LogP contribution is 2.42. The van der Waals surface area contributed by atoms with Crippen LogP contribution in [0.4, 0.5) is 5.82 Å². The molecule has 0 amide bonds. The maximum atomic E-state index is 5.68. The lowest BCUT2D eigenvalue weighted by Gasteiger charge is -2.36. The predicted octanol–water partition coefficient (Wildman–Crippen LogP) is 4.16. The van der Waals surface area contributed by atoms with Gasteiger partial charge in [0.1, 0.15) is 17.0 Å². The Morgan fingerprint density at radius 3 is 2.52 bits per heavy atom. The molecule has 1 aliphatic heterocycles. The van der Waals surface area contributed by atoms with Gasteiger partial charge in [0.05, 0.1) is 26.7 Å². The third-order valence-corrected chi connectivity index (χ3v) is 8.09. The number of rotatable bonds is 6. The Morgan fingerprint density at radius 1 is 1.00 bits per heavy atom. The Morgan fingerprint density at radius 2 is 1.79 bits per heavy atom. The van der Waals surface area contributed by atoms with E-state index in [2.05, 4.69) is 27.8 Å². The number of piperazine rings is 1. The molecule has 0 spiro atoms. The maximum absolute atomic E-state index is 5.68. The van der Waals surface area contributed by atoms with Gasteiger partial charge in [0.25, 0.3) is 0 Å². The van der Waals surface area contributed by atoms with Crippen molar-refractivity contribution < 1.29 is 14.2 Å². The number of thiophene rings is 1. The maximum Gasteiger partial charge on any atom is 0.203 e. The van der Waals surface area contributed by atoms with Crippen LogP contribution >= 0.6 is 11.3 Å². The molecule has 33 heavy (non-hydrogen) atoms. The smallest absolute Gasteiger partial charge is 0.203 e. The normalized spacial score (nSPS) is 18.9. The van der Waals surface area contributed by atoms with E-state index in [1.165, 1.54) is 28.7 Å². The van der Waals surface area contributed by atoms with Crippen molar-refractivity contribution in [3.63, 3.8) is 0 Å². The van der Waals surface area contributed by atoms with Crippen molar-refractivity contribution in [3.8, 4) is 17.2 Å². The minimum absolute atomic E-state index is 0.649. The number of ether oxygens (including phenoxy) is 3. The predicted molar refractivity (Wildman–Crippen MR) is 132 cm³/mol. The number of hydrogen-bond donors (Lipinski definition) is 0. The number of benzene rings is 1. The van der Waals surface area contributed by atoms with Gasteiger partial charge in [-0.25, -0.2) is 9.97 Å². The van der Waals surface area contributed by atoms with Crippen LogP contribution in [0.3, 0.4) is 0 Å². The Balaban J connectivity index is 1.33. The van der Waals surface area contributed by atoms with Crippen molar-refractivity contribution in [1.29, 1.82) is 0 Å². The van der Waals surface area contributed by atoms with Gasteiger partial charge in [-0.1, -0.05) is 13.0 Å². The number of anilines is 1. The molecule has 8 heteroatoms. The summed E-state index contributed by atoms with van der Waals surface area (Å²) in [5, 5.41) is 1.31. The summed E-state index contributed by atoms with van der Waals surface area (Å²) in [6.07, 6.45) is 5.32. The van der Waals surface area contributed by atoms with Crippen LogP contribution in [0.1, 0.15) is 29.3 Å². The zero-order valence-electron chi connectivity index (χ0n) is 19.9. The largest absolute Gasteiger partial charge is 0.493 e. The minimum Gasteiger partial charge on any atom is -0.493 e. The molecule has 1 saturated heterocycles. The van der Waals surface area contributed by atoms with E-state index in [1.54, 1.807) is 27.7 Å². The highest BCUT2D eigenvalue weighted by Gasteiger charge is 2.27. The molecule has 1 aliphatic carbocycles. The van der Waals surface area contributed by atoms with Crippen LogP contribution < -0.4 is 19.1 Å². The van der Waals surface area contributed by atoms with Gasteiger partial charge in [0.2, 0.25) is 5.75 Å². The molecule has 2 aromatic heterocycles. The first-order chi connectivity index (χ1) is 16.1. The topological polar surface area (TPSA) is 60.0 Å². The van der Waals surface area contributed by atoms with Crippen LogP contribution in [-0.4, -0.2) is 62.4 Å². The summed E-state index contributed by atoms with van der Waals surface area (Å²) in [6, 6.07) is 4.02. The third-order valence-electron chi connectivity index (χ3n) is 6.92. The van der Waals surface area contributed by atoms with E-state index >= 15 is 0 Å². The summed E-state index contributed by atoms with van der Waals surface area (Å²) in [5.41, 5.74) is 2.61. The number of fused-ring (bicyclic) bond motifs is 3. The summed E-state index contributed by atoms with van der Waals surface area (Å²) in [6.45, 7) is 6.99. The van der Waals surface area contributed by atoms with E-state index in [9.17, 15) is 0 Å². The number of methoxy groups -OCH3 is 3. The van der Waals surface area contributed by atoms with Crippen LogP contribution in [-0.2, 0) is 19.4 Å². The van der Waals surface area contributed by atoms with Crippen molar-refractivity contribution in [2.75, 3.05) is 52.4 Å². The van der Waals surface area contributed by atoms with Crippen molar-refractivity contribution in [2.45, 2.75) is 32.7 Å². The Hall–Kier alpha value is -2.58. The Labute approximate surface area is 199 Å². The van der Waals surface area contributed by atoms with Crippen LogP contribution in [0.15, 0.2) is 18.5 Å². The van der Waals surface area contributed by atoms with E-state index in [0.717, 1.165) is 67.0 Å². The fourth-order valence-electron chi connectivity index (χ4n) is 5.14. The van der Waals surface area contributed by atoms with Crippen LogP contribution in [0.5, 0.6) is 17.2 Å². The molecule has 0 N–H and O–H groups in total. The second-order valence-electron chi connectivity index (χ2n) is 8.99. The van der Waals surface area contributed by atoms with Gasteiger partial charge in [-0.3, -0.25) is 4.90 Å². The van der Waals surface area contributed by atoms with Gasteiger partial charge in [-0.2, -0.15) is 0 Å². The first-order valence-corrected chi connectivity index (χ1v) is 12.4. The molecule has 2 aliphatic rings. The molecule has 0 unspecified atom stereocenters. The number of aryl methyl sites for hydroxylation is 1. The molecule has 0 radical (unpaired) electrons. The Bertz CT molecular complexity index is 1140. The zero-order valence-corrected chi connectivity index (χ0v) is 20.7. The quantitative estimate of drug-likeness (QED) is 0.538. The molecule has 176 valence electrons. The van der Waals surface area contributed by atoms with E-state index in [-0.39, 0.29) is 0 Å². The molecule has 1 fully saturated rings. The van der Waals surface area contributed by atoms with E-state index < -0.39 is 0 Å². The van der Waals surface area contributed by atoms with Gasteiger partial charge < -0.3 is 19.1 Å². The number of hydrogen-bond acceptors (Lipinski definition) is 8. The van der Waals surface area contributed by atoms with Gasteiger partial charge >= 0.3 is 0 Å². The molecule has 5 rings (SSSR count). The van der Waals surface area contributed by atoms with Crippen molar-refractivity contribution in [3.05, 3.63) is 34.5 Å². The van der Waals surface area contributed by atoms with Gasteiger partial charge in [0.15, 0.2) is 11.5 Å². The lowest BCUT2D eigenvalue weighted by molar-refractivity contribution is 0.243. The summed E-state index contributed by atoms with van der Waals surface area (Å²) in [7, 11) is 4.97. The van der Waals surface area contributed by atoms with Crippen LogP contribution in [0.25, 0.3) is 10.2 Å². The molecular formula is C25H32N4O3S. The van der Waals surface area contributed by atoms with Gasteiger partial charge in [-0.05, 0) is 36.8 Å². The van der Waals surface area contributed by atoms with Crippen molar-refractivity contribution in [1.82, 2.24) is 14.9 Å². The molecule has 0 bridgehead atoms. The lowest BCUT2D eigenvalue weighted by Crippen LogP contribution is -2.46. The lowest BCUT2D eigenvalue weighted by atomic mass is 9.89. The molecule has 7 nitrogen and oxygen atoms in total. The number of aromatic nitrogens is 2. The average molecular weight is 469 g/mol. The average Bonchev–Trinajstić information content (AvgIpc) is 3.21. The summed E-state index contributed by atoms with van der Waals surface area (Å²) in [5.74, 6) is 3.96. The molecule has 3 heterocycles. The summed E-state index contributed by atoms with van der Waals surface area (Å²) < 4.78 is 16.7. The van der Waals surface area contributed by atoms with Crippen LogP contribution in [0, 0.1) is 5.92 Å². The fourth-order valence-corrected chi connectivity index (χ4v) is 6.49. The summed E-state index contributed by atoms with van der Waals surface area (Å²) >= 11 is 1.87. The fraction of sp³-hybridized carbons (Fsp3) is 0.520. The minimum atomic E-state index is 0.649. The van der Waals surface area contributed by atoms with E-state index in [1.807, 2.05) is 17.4 Å². The highest BCUT2D eigenvalue weighted by atomic mass is 32.1. The third kappa shape index (κ3) is 4.10.